The van der Waals surface area contributed by atoms with E-state index >= 15 is 0 Å². The molecule has 2 aromatic rings. The van der Waals surface area contributed by atoms with Crippen molar-refractivity contribution in [2.24, 2.45) is 5.92 Å². The maximum absolute atomic E-state index is 12.9. The first kappa shape index (κ1) is 17.6. The Morgan fingerprint density at radius 3 is 2.33 bits per heavy atom. The summed E-state index contributed by atoms with van der Waals surface area (Å²) in [6, 6.07) is 13.1. The summed E-state index contributed by atoms with van der Waals surface area (Å²) in [5, 5.41) is 1.94. The number of hydrogen-bond acceptors (Lipinski definition) is 1. The number of amides is 1. The van der Waals surface area contributed by atoms with Crippen LogP contribution in [0.3, 0.4) is 0 Å². The fourth-order valence-electron chi connectivity index (χ4n) is 3.17. The molecular formula is C19H18Cl3NO. The maximum Gasteiger partial charge on any atom is 0.226 e. The van der Waals surface area contributed by atoms with Crippen LogP contribution in [0.25, 0.3) is 0 Å². The summed E-state index contributed by atoms with van der Waals surface area (Å²) in [6.45, 7) is 1.31. The van der Waals surface area contributed by atoms with Crippen molar-refractivity contribution in [1.29, 1.82) is 0 Å². The standard InChI is InChI=1S/C19H18Cl3NO/c20-16-7-2-1-5-14(16)12-23-10-4-6-13(19(23)24)11-15-17(21)8-3-9-18(15)22/h1-3,5,7-9,13H,4,6,10-12H2. The lowest BCUT2D eigenvalue weighted by Gasteiger charge is -2.33. The van der Waals surface area contributed by atoms with Crippen LogP contribution in [0.1, 0.15) is 24.0 Å². The minimum Gasteiger partial charge on any atom is -0.338 e. The van der Waals surface area contributed by atoms with Crippen LogP contribution in [0.2, 0.25) is 15.1 Å². The van der Waals surface area contributed by atoms with Crippen LogP contribution in [0, 0.1) is 5.92 Å². The van der Waals surface area contributed by atoms with Gasteiger partial charge in [-0.3, -0.25) is 4.79 Å². The molecule has 24 heavy (non-hydrogen) atoms. The van der Waals surface area contributed by atoms with Gasteiger partial charge < -0.3 is 4.90 Å². The minimum atomic E-state index is -0.0846. The Kier molecular flexibility index (Phi) is 5.70. The molecule has 1 fully saturated rings. The molecule has 1 heterocycles. The van der Waals surface area contributed by atoms with E-state index in [0.717, 1.165) is 30.5 Å². The van der Waals surface area contributed by atoms with Crippen LogP contribution in [0.4, 0.5) is 0 Å². The van der Waals surface area contributed by atoms with Crippen LogP contribution in [0.5, 0.6) is 0 Å². The Hall–Kier alpha value is -1.22. The van der Waals surface area contributed by atoms with E-state index in [9.17, 15) is 4.79 Å². The number of carbonyl (C=O) groups is 1. The van der Waals surface area contributed by atoms with Gasteiger partial charge in [-0.05, 0) is 48.6 Å². The lowest BCUT2D eigenvalue weighted by molar-refractivity contribution is -0.139. The number of likely N-dealkylation sites (tertiary alicyclic amines) is 1. The molecule has 1 aliphatic rings. The Labute approximate surface area is 157 Å². The molecular weight excluding hydrogens is 365 g/mol. The highest BCUT2D eigenvalue weighted by Crippen LogP contribution is 2.31. The van der Waals surface area contributed by atoms with Gasteiger partial charge in [-0.25, -0.2) is 0 Å². The number of rotatable bonds is 4. The van der Waals surface area contributed by atoms with E-state index in [1.54, 1.807) is 0 Å². The Morgan fingerprint density at radius 2 is 1.62 bits per heavy atom. The quantitative estimate of drug-likeness (QED) is 0.671. The molecule has 1 atom stereocenters. The zero-order valence-electron chi connectivity index (χ0n) is 13.1. The van der Waals surface area contributed by atoms with E-state index < -0.39 is 0 Å². The second-order valence-electron chi connectivity index (χ2n) is 6.09. The van der Waals surface area contributed by atoms with Crippen molar-refractivity contribution in [3.63, 3.8) is 0 Å². The van der Waals surface area contributed by atoms with Gasteiger partial charge in [0.1, 0.15) is 0 Å². The van der Waals surface area contributed by atoms with Crippen LogP contribution < -0.4 is 0 Å². The van der Waals surface area contributed by atoms with E-state index in [-0.39, 0.29) is 11.8 Å². The lowest BCUT2D eigenvalue weighted by atomic mass is 9.90. The second-order valence-corrected chi connectivity index (χ2v) is 7.32. The molecule has 0 saturated carbocycles. The fourth-order valence-corrected chi connectivity index (χ4v) is 3.92. The molecule has 0 aromatic heterocycles. The molecule has 2 nitrogen and oxygen atoms in total. The molecule has 3 rings (SSSR count). The molecule has 1 aliphatic heterocycles. The molecule has 0 aliphatic carbocycles. The highest BCUT2D eigenvalue weighted by molar-refractivity contribution is 6.36. The molecule has 126 valence electrons. The van der Waals surface area contributed by atoms with E-state index in [0.29, 0.717) is 28.0 Å². The molecule has 1 saturated heterocycles. The molecule has 1 unspecified atom stereocenters. The Morgan fingerprint density at radius 1 is 0.958 bits per heavy atom. The topological polar surface area (TPSA) is 20.3 Å². The number of nitrogens with zero attached hydrogens (tertiary/aromatic N) is 1. The van der Waals surface area contributed by atoms with E-state index in [2.05, 4.69) is 0 Å². The first-order chi connectivity index (χ1) is 11.6. The monoisotopic (exact) mass is 381 g/mol. The van der Waals surface area contributed by atoms with Crippen molar-refractivity contribution in [3.05, 3.63) is 68.7 Å². The molecule has 0 bridgehead atoms. The van der Waals surface area contributed by atoms with Crippen LogP contribution in [-0.4, -0.2) is 17.4 Å². The lowest BCUT2D eigenvalue weighted by Crippen LogP contribution is -2.41. The zero-order valence-corrected chi connectivity index (χ0v) is 15.4. The van der Waals surface area contributed by atoms with Crippen molar-refractivity contribution < 1.29 is 4.79 Å². The van der Waals surface area contributed by atoms with Gasteiger partial charge in [0.2, 0.25) is 5.91 Å². The van der Waals surface area contributed by atoms with Crippen molar-refractivity contribution in [1.82, 2.24) is 4.90 Å². The number of halogens is 3. The normalized spacial score (nSPS) is 18.0. The summed E-state index contributed by atoms with van der Waals surface area (Å²) < 4.78 is 0. The van der Waals surface area contributed by atoms with Crippen molar-refractivity contribution in [2.75, 3.05) is 6.54 Å². The average molecular weight is 383 g/mol. The maximum atomic E-state index is 12.9. The third-order valence-electron chi connectivity index (χ3n) is 4.47. The van der Waals surface area contributed by atoms with Crippen LogP contribution in [-0.2, 0) is 17.8 Å². The molecule has 0 spiro atoms. The van der Waals surface area contributed by atoms with Gasteiger partial charge in [0, 0.05) is 34.1 Å². The minimum absolute atomic E-state index is 0.0846. The molecule has 5 heteroatoms. The third-order valence-corrected chi connectivity index (χ3v) is 5.55. The first-order valence-electron chi connectivity index (χ1n) is 8.01. The second kappa shape index (κ2) is 7.77. The summed E-state index contributed by atoms with van der Waals surface area (Å²) in [5.74, 6) is 0.0655. The van der Waals surface area contributed by atoms with Gasteiger partial charge in [-0.15, -0.1) is 0 Å². The largest absolute Gasteiger partial charge is 0.338 e. The van der Waals surface area contributed by atoms with Crippen molar-refractivity contribution >= 4 is 40.7 Å². The van der Waals surface area contributed by atoms with E-state index in [4.69, 9.17) is 34.8 Å². The summed E-state index contributed by atoms with van der Waals surface area (Å²) in [4.78, 5) is 14.8. The number of carbonyl (C=O) groups excluding carboxylic acids is 1. The number of piperidine rings is 1. The summed E-state index contributed by atoms with van der Waals surface area (Å²) in [5.41, 5.74) is 1.84. The SMILES string of the molecule is O=C1C(Cc2c(Cl)cccc2Cl)CCCN1Cc1ccccc1Cl. The predicted octanol–water partition coefficient (Wildman–Crippen LogP) is 5.63. The first-order valence-corrected chi connectivity index (χ1v) is 9.14. The summed E-state index contributed by atoms with van der Waals surface area (Å²) >= 11 is 18.7. The fraction of sp³-hybridized carbons (Fsp3) is 0.316. The van der Waals surface area contributed by atoms with Crippen molar-refractivity contribution in [2.45, 2.75) is 25.8 Å². The van der Waals surface area contributed by atoms with Crippen molar-refractivity contribution in [3.8, 4) is 0 Å². The van der Waals surface area contributed by atoms with Gasteiger partial charge in [0.25, 0.3) is 0 Å². The zero-order chi connectivity index (χ0) is 17.1. The van der Waals surface area contributed by atoms with Gasteiger partial charge >= 0.3 is 0 Å². The van der Waals surface area contributed by atoms with Gasteiger partial charge in [0.15, 0.2) is 0 Å². The summed E-state index contributed by atoms with van der Waals surface area (Å²) in [7, 11) is 0. The van der Waals surface area contributed by atoms with Gasteiger partial charge in [0.05, 0.1) is 0 Å². The number of hydrogen-bond donors (Lipinski definition) is 0. The van der Waals surface area contributed by atoms with E-state index in [1.807, 2.05) is 47.4 Å². The molecule has 0 N–H and O–H groups in total. The van der Waals surface area contributed by atoms with Gasteiger partial charge in [-0.1, -0.05) is 59.1 Å². The third kappa shape index (κ3) is 3.88. The van der Waals surface area contributed by atoms with E-state index in [1.165, 1.54) is 0 Å². The van der Waals surface area contributed by atoms with Crippen LogP contribution >= 0.6 is 34.8 Å². The molecule has 2 aromatic carbocycles. The highest BCUT2D eigenvalue weighted by atomic mass is 35.5. The van der Waals surface area contributed by atoms with Gasteiger partial charge in [-0.2, -0.15) is 0 Å². The Bertz CT molecular complexity index is 727. The molecule has 1 amide bonds. The van der Waals surface area contributed by atoms with Crippen LogP contribution in [0.15, 0.2) is 42.5 Å². The highest BCUT2D eigenvalue weighted by Gasteiger charge is 2.30. The summed E-state index contributed by atoms with van der Waals surface area (Å²) in [6.07, 6.45) is 2.42. The predicted molar refractivity (Wildman–Crippen MR) is 99.8 cm³/mol. The average Bonchev–Trinajstić information content (AvgIpc) is 2.56. The number of benzene rings is 2. The Balaban J connectivity index is 1.74. The molecule has 0 radical (unpaired) electrons. The smallest absolute Gasteiger partial charge is 0.226 e.